The summed E-state index contributed by atoms with van der Waals surface area (Å²) in [5.41, 5.74) is 6.11. The predicted molar refractivity (Wildman–Crippen MR) is 63.5 cm³/mol. The minimum absolute atomic E-state index is 0.694. The number of hydrogen-bond donors (Lipinski definition) is 0. The van der Waals surface area contributed by atoms with Crippen molar-refractivity contribution in [3.63, 3.8) is 0 Å². The van der Waals surface area contributed by atoms with Gasteiger partial charge in [-0.2, -0.15) is 0 Å². The van der Waals surface area contributed by atoms with Gasteiger partial charge in [0, 0.05) is 0 Å². The maximum atomic E-state index is 4.97. The molecule has 0 N–H and O–H groups in total. The molecule has 0 aromatic carbocycles. The number of rotatable bonds is 0. The molecular weight excluding hydrogens is 419 g/mol. The van der Waals surface area contributed by atoms with Gasteiger partial charge < -0.3 is 0 Å². The van der Waals surface area contributed by atoms with Crippen LogP contribution in [-0.4, -0.2) is 0 Å². The summed E-state index contributed by atoms with van der Waals surface area (Å²) in [7, 11) is 14.9. The van der Waals surface area contributed by atoms with E-state index >= 15 is 0 Å². The second kappa shape index (κ2) is 6.55. The van der Waals surface area contributed by atoms with Gasteiger partial charge in [-0.1, -0.05) is 18.1 Å². The fourth-order valence-electron chi connectivity index (χ4n) is 1.57. The fraction of sp³-hybridized carbons (Fsp3) is 0.600. The van der Waals surface area contributed by atoms with E-state index in [9.17, 15) is 0 Å². The normalized spacial score (nSPS) is 18.4. The molecule has 1 rings (SSSR count). The van der Waals surface area contributed by atoms with Crippen LogP contribution in [0.4, 0.5) is 0 Å². The molecule has 0 radical (unpaired) electrons. The first kappa shape index (κ1) is 15.0. The molecule has 0 atom stereocenters. The Kier molecular flexibility index (Phi) is 7.02. The van der Waals surface area contributed by atoms with Crippen molar-refractivity contribution in [3.05, 3.63) is 22.3 Å². The second-order valence-electron chi connectivity index (χ2n) is 3.48. The molecule has 0 unspecified atom stereocenters. The van der Waals surface area contributed by atoms with E-state index in [1.54, 1.807) is 11.1 Å². The first-order valence-electron chi connectivity index (χ1n) is 4.28. The van der Waals surface area contributed by atoms with Gasteiger partial charge in [0.25, 0.3) is 0 Å². The number of hydrogen-bond acceptors (Lipinski definition) is 0. The zero-order valence-electron chi connectivity index (χ0n) is 9.04. The first-order chi connectivity index (χ1) is 6.29. The molecule has 1 aliphatic rings. The predicted octanol–water partition coefficient (Wildman–Crippen LogP) is 5.37. The molecule has 0 aromatic rings. The van der Waals surface area contributed by atoms with Crippen molar-refractivity contribution >= 4 is 28.8 Å². The van der Waals surface area contributed by atoms with Gasteiger partial charge in [-0.15, -0.1) is 0 Å². The van der Waals surface area contributed by atoms with Crippen molar-refractivity contribution in [3.8, 4) is 0 Å². The molecule has 14 heavy (non-hydrogen) atoms. The van der Waals surface area contributed by atoms with Crippen molar-refractivity contribution in [2.24, 2.45) is 5.92 Å². The molecule has 0 saturated carbocycles. The van der Waals surface area contributed by atoms with Crippen molar-refractivity contribution in [1.29, 1.82) is 0 Å². The van der Waals surface area contributed by atoms with Gasteiger partial charge in [-0.3, -0.25) is 0 Å². The Balaban J connectivity index is 0.000000364. The molecule has 0 bridgehead atoms. The van der Waals surface area contributed by atoms with E-state index in [4.69, 9.17) is 28.8 Å². The summed E-state index contributed by atoms with van der Waals surface area (Å²) in [6, 6.07) is 0. The Morgan fingerprint density at radius 2 is 1.07 bits per heavy atom. The van der Waals surface area contributed by atoms with E-state index in [0.29, 0.717) is 5.92 Å². The van der Waals surface area contributed by atoms with Crippen LogP contribution < -0.4 is 0 Å². The molecule has 0 amide bonds. The van der Waals surface area contributed by atoms with Gasteiger partial charge >= 0.3 is 42.2 Å². The van der Waals surface area contributed by atoms with Crippen molar-refractivity contribution in [1.82, 2.24) is 0 Å². The van der Waals surface area contributed by atoms with Crippen LogP contribution in [0.1, 0.15) is 34.6 Å². The van der Waals surface area contributed by atoms with Gasteiger partial charge in [-0.25, -0.2) is 0 Å². The second-order valence-corrected chi connectivity index (χ2v) is 13.9. The average molecular weight is 435 g/mol. The van der Waals surface area contributed by atoms with Gasteiger partial charge in [0.1, 0.15) is 0 Å². The van der Waals surface area contributed by atoms with Crippen molar-refractivity contribution < 1.29 is 13.5 Å². The van der Waals surface area contributed by atoms with Crippen LogP contribution in [0.2, 0.25) is 0 Å². The molecule has 0 heterocycles. The van der Waals surface area contributed by atoms with Crippen LogP contribution in [0.25, 0.3) is 0 Å². The van der Waals surface area contributed by atoms with E-state index in [1.807, 2.05) is 0 Å². The zero-order chi connectivity index (χ0) is 11.5. The number of halogens is 3. The average Bonchev–Trinajstić information content (AvgIpc) is 2.23. The summed E-state index contributed by atoms with van der Waals surface area (Å²) in [5.74, 6) is 0.694. The molecular formula is C10H16Cl3Ir. The van der Waals surface area contributed by atoms with E-state index in [0.717, 1.165) is 0 Å². The van der Waals surface area contributed by atoms with E-state index in [1.165, 1.54) is 11.1 Å². The summed E-state index contributed by atoms with van der Waals surface area (Å²) >= 11 is -1.92. The molecule has 0 saturated heterocycles. The van der Waals surface area contributed by atoms with Crippen LogP contribution in [0.15, 0.2) is 22.3 Å². The molecule has 0 fully saturated rings. The first-order valence-corrected chi connectivity index (χ1v) is 13.2. The van der Waals surface area contributed by atoms with Gasteiger partial charge in [0.2, 0.25) is 0 Å². The molecule has 86 valence electrons. The number of allylic oxidation sites excluding steroid dienone is 4. The Labute approximate surface area is 104 Å². The minimum atomic E-state index is -1.92. The molecule has 0 aliphatic heterocycles. The monoisotopic (exact) mass is 434 g/mol. The Hall–Kier alpha value is 0.999. The van der Waals surface area contributed by atoms with Crippen LogP contribution in [0.3, 0.4) is 0 Å². The summed E-state index contributed by atoms with van der Waals surface area (Å²) in [5, 5.41) is 0. The van der Waals surface area contributed by atoms with Crippen LogP contribution >= 0.6 is 28.8 Å². The van der Waals surface area contributed by atoms with Gasteiger partial charge in [-0.05, 0) is 44.8 Å². The summed E-state index contributed by atoms with van der Waals surface area (Å²) in [6.07, 6.45) is 0. The topological polar surface area (TPSA) is 0 Å². The third kappa shape index (κ3) is 4.24. The molecule has 0 spiro atoms. The van der Waals surface area contributed by atoms with E-state index < -0.39 is 13.5 Å². The molecule has 1 aliphatic carbocycles. The summed E-state index contributed by atoms with van der Waals surface area (Å²) < 4.78 is 0. The third-order valence-corrected chi connectivity index (χ3v) is 3.04. The standard InChI is InChI=1S/C10H16.3ClH.Ir/c1-6-7(2)9(4)10(5)8(6)3;;;;/h6H,1-5H3;3*1H;/q;;;;+3/p-3. The summed E-state index contributed by atoms with van der Waals surface area (Å²) in [4.78, 5) is 0. The van der Waals surface area contributed by atoms with Crippen LogP contribution in [0, 0.1) is 5.92 Å². The summed E-state index contributed by atoms with van der Waals surface area (Å²) in [6.45, 7) is 11.2. The van der Waals surface area contributed by atoms with Crippen molar-refractivity contribution in [2.45, 2.75) is 34.6 Å². The fourth-order valence-corrected chi connectivity index (χ4v) is 1.57. The third-order valence-electron chi connectivity index (χ3n) is 3.04. The van der Waals surface area contributed by atoms with E-state index in [-0.39, 0.29) is 0 Å². The zero-order valence-corrected chi connectivity index (χ0v) is 13.7. The quantitative estimate of drug-likeness (QED) is 0.480. The SMILES string of the molecule is CC1=C(C)C(C)C(C)=C1C.[Cl][Ir]([Cl])[Cl]. The Morgan fingerprint density at radius 1 is 0.857 bits per heavy atom. The van der Waals surface area contributed by atoms with Crippen LogP contribution in [-0.2, 0) is 13.5 Å². The van der Waals surface area contributed by atoms with Gasteiger partial charge in [0.05, 0.1) is 0 Å². The molecule has 0 aromatic heterocycles. The van der Waals surface area contributed by atoms with E-state index in [2.05, 4.69) is 34.6 Å². The molecule has 0 nitrogen and oxygen atoms in total. The molecule has 4 heteroatoms. The Bertz CT molecular complexity index is 240. The van der Waals surface area contributed by atoms with Crippen molar-refractivity contribution in [2.75, 3.05) is 0 Å². The Morgan fingerprint density at radius 3 is 1.14 bits per heavy atom. The van der Waals surface area contributed by atoms with Gasteiger partial charge in [0.15, 0.2) is 0 Å². The maximum absolute atomic E-state index is 4.97. The van der Waals surface area contributed by atoms with Crippen LogP contribution in [0.5, 0.6) is 0 Å².